The van der Waals surface area contributed by atoms with Gasteiger partial charge in [0.05, 0.1) is 11.2 Å². The molecule has 1 aliphatic carbocycles. The van der Waals surface area contributed by atoms with E-state index in [0.29, 0.717) is 42.9 Å². The first-order valence-corrected chi connectivity index (χ1v) is 11.3. The highest BCUT2D eigenvalue weighted by molar-refractivity contribution is 5.50. The lowest BCUT2D eigenvalue weighted by molar-refractivity contribution is -0.137. The van der Waals surface area contributed by atoms with E-state index < -0.39 is 17.3 Å². The van der Waals surface area contributed by atoms with Crippen molar-refractivity contribution >= 4 is 11.8 Å². The van der Waals surface area contributed by atoms with Crippen LogP contribution in [0.5, 0.6) is 11.6 Å². The molecule has 2 heterocycles. The molecule has 3 aromatic rings. The van der Waals surface area contributed by atoms with Crippen LogP contribution in [0.2, 0.25) is 0 Å². The van der Waals surface area contributed by atoms with E-state index in [-0.39, 0.29) is 24.4 Å². The van der Waals surface area contributed by atoms with Gasteiger partial charge < -0.3 is 20.5 Å². The second kappa shape index (κ2) is 10.0. The van der Waals surface area contributed by atoms with E-state index in [2.05, 4.69) is 30.6 Å². The smallest absolute Gasteiger partial charge is 0.421 e. The van der Waals surface area contributed by atoms with E-state index in [1.807, 2.05) is 31.2 Å². The molecule has 186 valence electrons. The van der Waals surface area contributed by atoms with Crippen molar-refractivity contribution in [2.75, 3.05) is 10.6 Å². The third-order valence-electron chi connectivity index (χ3n) is 5.92. The van der Waals surface area contributed by atoms with Gasteiger partial charge in [-0.05, 0) is 51.7 Å². The Labute approximate surface area is 201 Å². The molecule has 3 N–H and O–H groups in total. The van der Waals surface area contributed by atoms with Crippen LogP contribution in [0.25, 0.3) is 0 Å². The second-order valence-electron chi connectivity index (χ2n) is 8.99. The summed E-state index contributed by atoms with van der Waals surface area (Å²) in [5, 5.41) is 16.0. The summed E-state index contributed by atoms with van der Waals surface area (Å²) in [7, 11) is 0. The standard InChI is InChI=1S/C24H27F3N6O2/c1-15-3-5-18(6-4-15)35-21-16(11-28-14-31-21)12-29-22-30-13-19(24(25,26)27)20(33-22)32-17-7-9-23(2,34)10-8-17/h3-6,11,13-14,17,34H,7-10,12H2,1-2H3,(H2,29,30,32,33). The molecule has 2 aromatic heterocycles. The molecular formula is C24H27F3N6O2. The van der Waals surface area contributed by atoms with Gasteiger partial charge in [-0.3, -0.25) is 0 Å². The lowest BCUT2D eigenvalue weighted by Crippen LogP contribution is -2.36. The van der Waals surface area contributed by atoms with Gasteiger partial charge in [0, 0.05) is 25.0 Å². The zero-order valence-corrected chi connectivity index (χ0v) is 19.4. The Morgan fingerprint density at radius 2 is 1.83 bits per heavy atom. The summed E-state index contributed by atoms with van der Waals surface area (Å²) in [5.41, 5.74) is -0.0590. The molecule has 1 saturated carbocycles. The molecular weight excluding hydrogens is 461 g/mol. The van der Waals surface area contributed by atoms with E-state index in [0.717, 1.165) is 11.8 Å². The first-order valence-electron chi connectivity index (χ1n) is 11.3. The van der Waals surface area contributed by atoms with E-state index in [1.165, 1.54) is 6.33 Å². The summed E-state index contributed by atoms with van der Waals surface area (Å²) in [4.78, 5) is 16.1. The molecule has 1 aliphatic rings. The summed E-state index contributed by atoms with van der Waals surface area (Å²) >= 11 is 0. The molecule has 35 heavy (non-hydrogen) atoms. The fraction of sp³-hybridized carbons (Fsp3) is 0.417. The quantitative estimate of drug-likeness (QED) is 0.422. The number of nitrogens with one attached hydrogen (secondary N) is 2. The van der Waals surface area contributed by atoms with E-state index >= 15 is 0 Å². The number of hydrogen-bond acceptors (Lipinski definition) is 8. The minimum atomic E-state index is -4.61. The van der Waals surface area contributed by atoms with Gasteiger partial charge in [-0.15, -0.1) is 0 Å². The number of anilines is 2. The van der Waals surface area contributed by atoms with Crippen molar-refractivity contribution in [3.63, 3.8) is 0 Å². The highest BCUT2D eigenvalue weighted by atomic mass is 19.4. The number of alkyl halides is 3. The topological polar surface area (TPSA) is 105 Å². The van der Waals surface area contributed by atoms with Gasteiger partial charge >= 0.3 is 6.18 Å². The molecule has 0 spiro atoms. The van der Waals surface area contributed by atoms with Crippen LogP contribution in [0, 0.1) is 6.92 Å². The fourth-order valence-corrected chi connectivity index (χ4v) is 3.81. The zero-order valence-electron chi connectivity index (χ0n) is 19.4. The number of hydrogen-bond donors (Lipinski definition) is 3. The average Bonchev–Trinajstić information content (AvgIpc) is 2.81. The van der Waals surface area contributed by atoms with Crippen LogP contribution in [-0.4, -0.2) is 36.7 Å². The predicted molar refractivity (Wildman–Crippen MR) is 124 cm³/mol. The van der Waals surface area contributed by atoms with Crippen molar-refractivity contribution in [2.24, 2.45) is 0 Å². The van der Waals surface area contributed by atoms with Gasteiger partial charge in [0.15, 0.2) is 0 Å². The molecule has 0 aliphatic heterocycles. The van der Waals surface area contributed by atoms with Crippen molar-refractivity contribution in [1.29, 1.82) is 0 Å². The number of nitrogens with zero attached hydrogens (tertiary/aromatic N) is 4. The summed E-state index contributed by atoms with van der Waals surface area (Å²) < 4.78 is 46.6. The Kier molecular flexibility index (Phi) is 7.06. The SMILES string of the molecule is Cc1ccc(Oc2ncncc2CNc2ncc(C(F)(F)F)c(NC3CCC(C)(O)CC3)n2)cc1. The molecule has 0 bridgehead atoms. The van der Waals surface area contributed by atoms with Crippen LogP contribution in [0.1, 0.15) is 49.3 Å². The van der Waals surface area contributed by atoms with Gasteiger partial charge in [0.1, 0.15) is 23.5 Å². The Morgan fingerprint density at radius 3 is 2.51 bits per heavy atom. The van der Waals surface area contributed by atoms with Crippen LogP contribution in [-0.2, 0) is 12.7 Å². The minimum Gasteiger partial charge on any atom is -0.439 e. The lowest BCUT2D eigenvalue weighted by Gasteiger charge is -2.34. The maximum absolute atomic E-state index is 13.6. The Morgan fingerprint density at radius 1 is 1.11 bits per heavy atom. The monoisotopic (exact) mass is 488 g/mol. The number of aryl methyl sites for hydroxylation is 1. The number of ether oxygens (including phenoxy) is 1. The van der Waals surface area contributed by atoms with E-state index in [1.54, 1.807) is 13.1 Å². The zero-order chi connectivity index (χ0) is 25.1. The molecule has 0 atom stereocenters. The van der Waals surface area contributed by atoms with E-state index in [4.69, 9.17) is 4.74 Å². The summed E-state index contributed by atoms with van der Waals surface area (Å²) in [6.07, 6.45) is 1.15. The first kappa shape index (κ1) is 24.6. The van der Waals surface area contributed by atoms with Crippen LogP contribution in [0.3, 0.4) is 0 Å². The van der Waals surface area contributed by atoms with Crippen LogP contribution < -0.4 is 15.4 Å². The second-order valence-corrected chi connectivity index (χ2v) is 8.99. The average molecular weight is 489 g/mol. The predicted octanol–water partition coefficient (Wildman–Crippen LogP) is 5.10. The number of benzene rings is 1. The van der Waals surface area contributed by atoms with Gasteiger partial charge in [-0.1, -0.05) is 17.7 Å². The summed E-state index contributed by atoms with van der Waals surface area (Å²) in [6, 6.07) is 7.22. The van der Waals surface area contributed by atoms with Gasteiger partial charge in [0.25, 0.3) is 0 Å². The molecule has 1 fully saturated rings. The molecule has 0 saturated heterocycles. The largest absolute Gasteiger partial charge is 0.439 e. The van der Waals surface area contributed by atoms with Crippen LogP contribution >= 0.6 is 0 Å². The van der Waals surface area contributed by atoms with Crippen molar-refractivity contribution in [1.82, 2.24) is 19.9 Å². The van der Waals surface area contributed by atoms with Crippen molar-refractivity contribution in [2.45, 2.75) is 63.9 Å². The molecule has 0 radical (unpaired) electrons. The first-order chi connectivity index (χ1) is 16.6. The molecule has 4 rings (SSSR count). The Bertz CT molecular complexity index is 1140. The fourth-order valence-electron chi connectivity index (χ4n) is 3.81. The van der Waals surface area contributed by atoms with Gasteiger partial charge in [-0.25, -0.2) is 15.0 Å². The van der Waals surface area contributed by atoms with Gasteiger partial charge in [0.2, 0.25) is 11.8 Å². The Balaban J connectivity index is 1.49. The maximum atomic E-state index is 13.6. The third kappa shape index (κ3) is 6.56. The molecule has 0 amide bonds. The number of aromatic nitrogens is 4. The number of rotatable bonds is 7. The molecule has 8 nitrogen and oxygen atoms in total. The van der Waals surface area contributed by atoms with E-state index in [9.17, 15) is 18.3 Å². The Hall–Kier alpha value is -3.47. The van der Waals surface area contributed by atoms with Crippen molar-refractivity contribution in [3.8, 4) is 11.6 Å². The minimum absolute atomic E-state index is 0.0217. The number of halogens is 3. The van der Waals surface area contributed by atoms with Crippen molar-refractivity contribution in [3.05, 3.63) is 59.7 Å². The summed E-state index contributed by atoms with van der Waals surface area (Å²) in [6.45, 7) is 3.84. The highest BCUT2D eigenvalue weighted by Gasteiger charge is 2.37. The lowest BCUT2D eigenvalue weighted by atomic mass is 9.83. The van der Waals surface area contributed by atoms with Gasteiger partial charge in [-0.2, -0.15) is 18.2 Å². The highest BCUT2D eigenvalue weighted by Crippen LogP contribution is 2.36. The van der Waals surface area contributed by atoms with Crippen LogP contribution in [0.4, 0.5) is 24.9 Å². The molecule has 11 heteroatoms. The number of aliphatic hydroxyl groups is 1. The van der Waals surface area contributed by atoms with Crippen LogP contribution in [0.15, 0.2) is 43.0 Å². The maximum Gasteiger partial charge on any atom is 0.421 e. The normalized spacial score (nSPS) is 20.3. The van der Waals surface area contributed by atoms with Crippen molar-refractivity contribution < 1.29 is 23.0 Å². The molecule has 1 aromatic carbocycles. The molecule has 0 unspecified atom stereocenters. The third-order valence-corrected chi connectivity index (χ3v) is 5.92. The summed E-state index contributed by atoms with van der Waals surface area (Å²) in [5.74, 6) is 0.644.